The van der Waals surface area contributed by atoms with E-state index in [2.05, 4.69) is 27.7 Å². The molecule has 0 aliphatic carbocycles. The predicted molar refractivity (Wildman–Crippen MR) is 141 cm³/mol. The highest BCUT2D eigenvalue weighted by Crippen LogP contribution is 2.61. The summed E-state index contributed by atoms with van der Waals surface area (Å²) in [6, 6.07) is 0. The Kier molecular flexibility index (Phi) is 29.3. The van der Waals surface area contributed by atoms with Crippen LogP contribution in [0.2, 0.25) is 0 Å². The first-order valence-electron chi connectivity index (χ1n) is 14.1. The monoisotopic (exact) mass is 554 g/mol. The van der Waals surface area contributed by atoms with Gasteiger partial charge in [-0.2, -0.15) is 0 Å². The maximum absolute atomic E-state index is 2.36. The van der Waals surface area contributed by atoms with Gasteiger partial charge < -0.3 is 24.0 Å². The minimum atomic E-state index is -0.688. The van der Waals surface area contributed by atoms with E-state index in [1.165, 1.54) is 103 Å². The second-order valence-corrected chi connectivity index (χ2v) is 14.4. The van der Waals surface area contributed by atoms with Crippen molar-refractivity contribution in [3.63, 3.8) is 0 Å². The summed E-state index contributed by atoms with van der Waals surface area (Å²) in [5, 5.41) is 0. The highest BCUT2D eigenvalue weighted by molar-refractivity contribution is 7.75. The standard InChI is InChI=1S/C28H60P.HI/c1-5-9-13-17-19-23-27-29(25-21-15-11-7-3,26-22-16-12-8-4)28-24-20-18-14-10-6-2;/h5-28H2,1-4H3;1H/q+1;/p-1. The molecule has 0 amide bonds. The molecule has 0 aliphatic heterocycles. The van der Waals surface area contributed by atoms with Gasteiger partial charge in [0.2, 0.25) is 0 Å². The molecule has 0 saturated carbocycles. The summed E-state index contributed by atoms with van der Waals surface area (Å²) >= 11 is 0. The van der Waals surface area contributed by atoms with Crippen molar-refractivity contribution in [2.45, 2.75) is 156 Å². The molecule has 30 heavy (non-hydrogen) atoms. The summed E-state index contributed by atoms with van der Waals surface area (Å²) in [6.07, 6.45) is 36.1. The molecule has 2 heteroatoms. The fourth-order valence-corrected chi connectivity index (χ4v) is 9.79. The Labute approximate surface area is 211 Å². The number of unbranched alkanes of at least 4 members (excludes halogenated alkanes) is 16. The van der Waals surface area contributed by atoms with Gasteiger partial charge in [-0.1, -0.05) is 105 Å². The lowest BCUT2D eigenvalue weighted by Crippen LogP contribution is -3.00. The van der Waals surface area contributed by atoms with Crippen LogP contribution in [0.5, 0.6) is 0 Å². The van der Waals surface area contributed by atoms with E-state index in [1.807, 2.05) is 0 Å². The number of rotatable bonds is 24. The largest absolute Gasteiger partial charge is 1.00 e. The molecule has 0 atom stereocenters. The van der Waals surface area contributed by atoms with Crippen molar-refractivity contribution in [1.29, 1.82) is 0 Å². The molecule has 0 heterocycles. The van der Waals surface area contributed by atoms with E-state index in [-0.39, 0.29) is 24.0 Å². The van der Waals surface area contributed by atoms with Gasteiger partial charge in [-0.25, -0.2) is 0 Å². The fraction of sp³-hybridized carbons (Fsp3) is 1.00. The summed E-state index contributed by atoms with van der Waals surface area (Å²) in [5.74, 6) is 0. The Morgan fingerprint density at radius 3 is 0.767 bits per heavy atom. The van der Waals surface area contributed by atoms with Crippen molar-refractivity contribution in [3.8, 4) is 0 Å². The van der Waals surface area contributed by atoms with Crippen LogP contribution >= 0.6 is 7.26 Å². The van der Waals surface area contributed by atoms with Crippen molar-refractivity contribution >= 4 is 7.26 Å². The van der Waals surface area contributed by atoms with Crippen LogP contribution in [-0.2, 0) is 0 Å². The van der Waals surface area contributed by atoms with Crippen molar-refractivity contribution < 1.29 is 24.0 Å². The van der Waals surface area contributed by atoms with Gasteiger partial charge in [0.15, 0.2) is 0 Å². The lowest BCUT2D eigenvalue weighted by atomic mass is 10.1. The Morgan fingerprint density at radius 1 is 0.300 bits per heavy atom. The zero-order valence-corrected chi connectivity index (χ0v) is 24.8. The van der Waals surface area contributed by atoms with Gasteiger partial charge in [-0.15, -0.1) is 0 Å². The third-order valence-corrected chi connectivity index (χ3v) is 12.0. The Bertz CT molecular complexity index is 275. The van der Waals surface area contributed by atoms with E-state index in [9.17, 15) is 0 Å². The number of hydrogen-bond acceptors (Lipinski definition) is 0. The molecular weight excluding hydrogens is 494 g/mol. The van der Waals surface area contributed by atoms with Gasteiger partial charge in [-0.05, 0) is 51.4 Å². The smallest absolute Gasteiger partial charge is 0.0594 e. The molecule has 0 spiro atoms. The zero-order valence-electron chi connectivity index (χ0n) is 21.8. The Balaban J connectivity index is 0. The topological polar surface area (TPSA) is 0 Å². The third-order valence-electron chi connectivity index (χ3n) is 6.94. The molecule has 0 unspecified atom stereocenters. The lowest BCUT2D eigenvalue weighted by molar-refractivity contribution is -0.00000667. The van der Waals surface area contributed by atoms with E-state index in [0.717, 1.165) is 0 Å². The maximum Gasteiger partial charge on any atom is 0.0594 e. The summed E-state index contributed by atoms with van der Waals surface area (Å²) < 4.78 is 0. The van der Waals surface area contributed by atoms with E-state index in [0.29, 0.717) is 0 Å². The molecule has 0 saturated heterocycles. The van der Waals surface area contributed by atoms with Gasteiger partial charge in [0, 0.05) is 7.26 Å². The summed E-state index contributed by atoms with van der Waals surface area (Å²) in [6.45, 7) is 9.40. The van der Waals surface area contributed by atoms with Crippen LogP contribution in [0.1, 0.15) is 156 Å². The molecule has 0 fully saturated rings. The van der Waals surface area contributed by atoms with Crippen molar-refractivity contribution in [2.24, 2.45) is 0 Å². The summed E-state index contributed by atoms with van der Waals surface area (Å²) in [5.41, 5.74) is 0. The minimum absolute atomic E-state index is 0. The zero-order chi connectivity index (χ0) is 21.5. The third kappa shape index (κ3) is 21.0. The van der Waals surface area contributed by atoms with E-state index < -0.39 is 7.26 Å². The quantitative estimate of drug-likeness (QED) is 0.0647. The first-order valence-corrected chi connectivity index (χ1v) is 16.6. The molecule has 0 N–H and O–H groups in total. The van der Waals surface area contributed by atoms with E-state index in [4.69, 9.17) is 0 Å². The molecule has 184 valence electrons. The SMILES string of the molecule is CCCCCCCC[P+](CCCCCC)(CCCCCC)CCCCCCCC.[I-]. The predicted octanol–water partition coefficient (Wildman–Crippen LogP) is 7.89. The van der Waals surface area contributed by atoms with Gasteiger partial charge in [0.05, 0.1) is 24.6 Å². The van der Waals surface area contributed by atoms with Gasteiger partial charge >= 0.3 is 0 Å². The normalized spacial score (nSPS) is 11.6. The summed E-state index contributed by atoms with van der Waals surface area (Å²) in [4.78, 5) is 0. The minimum Gasteiger partial charge on any atom is -1.00 e. The molecule has 0 nitrogen and oxygen atoms in total. The summed E-state index contributed by atoms with van der Waals surface area (Å²) in [7, 11) is -0.688. The molecule has 0 aromatic heterocycles. The highest BCUT2D eigenvalue weighted by Gasteiger charge is 2.34. The van der Waals surface area contributed by atoms with E-state index in [1.54, 1.807) is 50.3 Å². The Morgan fingerprint density at radius 2 is 0.500 bits per heavy atom. The average Bonchev–Trinajstić information content (AvgIpc) is 2.73. The molecule has 0 rings (SSSR count). The lowest BCUT2D eigenvalue weighted by Gasteiger charge is -2.28. The van der Waals surface area contributed by atoms with Gasteiger partial charge in [0.1, 0.15) is 0 Å². The van der Waals surface area contributed by atoms with Crippen LogP contribution in [-0.4, -0.2) is 24.6 Å². The average molecular weight is 555 g/mol. The van der Waals surface area contributed by atoms with Crippen LogP contribution in [0.15, 0.2) is 0 Å². The first kappa shape index (κ1) is 33.3. The molecule has 0 bridgehead atoms. The molecular formula is C28H60IP. The second kappa shape index (κ2) is 26.4. The molecule has 0 aliphatic rings. The van der Waals surface area contributed by atoms with Crippen LogP contribution in [0.4, 0.5) is 0 Å². The highest BCUT2D eigenvalue weighted by atomic mass is 127. The van der Waals surface area contributed by atoms with E-state index >= 15 is 0 Å². The molecule has 0 aromatic rings. The fourth-order valence-electron chi connectivity index (χ4n) is 4.87. The van der Waals surface area contributed by atoms with Crippen molar-refractivity contribution in [1.82, 2.24) is 0 Å². The maximum atomic E-state index is 2.36. The number of halogens is 1. The van der Waals surface area contributed by atoms with Crippen LogP contribution in [0, 0.1) is 0 Å². The Hall–Kier alpha value is 1.16. The van der Waals surface area contributed by atoms with Gasteiger partial charge in [0.25, 0.3) is 0 Å². The van der Waals surface area contributed by atoms with Crippen LogP contribution in [0.3, 0.4) is 0 Å². The van der Waals surface area contributed by atoms with Crippen molar-refractivity contribution in [3.05, 3.63) is 0 Å². The van der Waals surface area contributed by atoms with Crippen molar-refractivity contribution in [2.75, 3.05) is 24.6 Å². The van der Waals surface area contributed by atoms with Crippen LogP contribution in [0.25, 0.3) is 0 Å². The number of hydrogen-bond donors (Lipinski definition) is 0. The second-order valence-electron chi connectivity index (χ2n) is 9.89. The first-order chi connectivity index (χ1) is 14.2. The molecule has 0 radical (unpaired) electrons. The molecule has 0 aromatic carbocycles. The van der Waals surface area contributed by atoms with Crippen LogP contribution < -0.4 is 24.0 Å². The van der Waals surface area contributed by atoms with Gasteiger partial charge in [-0.3, -0.25) is 0 Å².